The predicted octanol–water partition coefficient (Wildman–Crippen LogP) is 2.25. The molecule has 0 aromatic heterocycles. The minimum Gasteiger partial charge on any atom is -0.345 e. The maximum absolute atomic E-state index is 12.6. The Morgan fingerprint density at radius 1 is 1.08 bits per heavy atom. The fourth-order valence-electron chi connectivity index (χ4n) is 2.27. The van der Waals surface area contributed by atoms with Crippen molar-refractivity contribution >= 4 is 37.8 Å². The molecule has 1 aliphatic rings. The molecule has 0 aliphatic carbocycles. The molecule has 126 valence electrons. The summed E-state index contributed by atoms with van der Waals surface area (Å²) in [6, 6.07) is 9.24. The van der Waals surface area contributed by atoms with E-state index in [1.807, 2.05) is 19.1 Å². The van der Waals surface area contributed by atoms with E-state index in [1.165, 1.54) is 12.1 Å². The van der Waals surface area contributed by atoms with Crippen LogP contribution in [0, 0.1) is 13.8 Å². The summed E-state index contributed by atoms with van der Waals surface area (Å²) in [5.41, 5.74) is 2.41. The van der Waals surface area contributed by atoms with E-state index in [0.29, 0.717) is 5.69 Å². The van der Waals surface area contributed by atoms with E-state index < -0.39 is 20.0 Å². The highest BCUT2D eigenvalue weighted by atomic mass is 32.2. The largest absolute Gasteiger partial charge is 0.345 e. The third-order valence-corrected chi connectivity index (χ3v) is 6.23. The van der Waals surface area contributed by atoms with E-state index >= 15 is 0 Å². The molecular weight excluding hydrogens is 350 g/mol. The molecule has 0 spiro atoms. The van der Waals surface area contributed by atoms with Crippen molar-refractivity contribution in [3.8, 4) is 0 Å². The number of aryl methyl sites for hydroxylation is 2. The summed E-state index contributed by atoms with van der Waals surface area (Å²) in [6.45, 7) is 3.64. The summed E-state index contributed by atoms with van der Waals surface area (Å²) >= 11 is 0. The second kappa shape index (κ2) is 5.60. The summed E-state index contributed by atoms with van der Waals surface area (Å²) in [4.78, 5) is -0.321. The molecule has 0 amide bonds. The number of anilines is 2. The molecule has 0 bridgehead atoms. The fraction of sp³-hybridized carbons (Fsp3) is 0.133. The van der Waals surface area contributed by atoms with Crippen molar-refractivity contribution in [1.82, 2.24) is 0 Å². The highest BCUT2D eigenvalue weighted by molar-refractivity contribution is 7.93. The van der Waals surface area contributed by atoms with E-state index in [1.54, 1.807) is 13.0 Å². The molecule has 0 saturated carbocycles. The Labute approximate surface area is 140 Å². The summed E-state index contributed by atoms with van der Waals surface area (Å²) in [5.74, 6) is 0. The number of sulfonamides is 2. The van der Waals surface area contributed by atoms with Crippen LogP contribution >= 0.6 is 0 Å². The molecule has 1 aliphatic heterocycles. The molecule has 0 saturated heterocycles. The molecule has 1 heterocycles. The van der Waals surface area contributed by atoms with Gasteiger partial charge < -0.3 is 5.32 Å². The quantitative estimate of drug-likeness (QED) is 0.868. The second-order valence-corrected chi connectivity index (χ2v) is 8.72. The third kappa shape index (κ3) is 3.00. The monoisotopic (exact) mass is 365 g/mol. The fourth-order valence-corrected chi connectivity index (χ4v) is 4.48. The van der Waals surface area contributed by atoms with Crippen LogP contribution < -0.4 is 10.0 Å². The molecule has 3 rings (SSSR count). The van der Waals surface area contributed by atoms with Gasteiger partial charge in [-0.2, -0.15) is 8.42 Å². The lowest BCUT2D eigenvalue weighted by Crippen LogP contribution is -2.16. The zero-order valence-electron chi connectivity index (χ0n) is 12.9. The van der Waals surface area contributed by atoms with Crippen molar-refractivity contribution in [2.24, 2.45) is 4.40 Å². The van der Waals surface area contributed by atoms with Crippen LogP contribution in [0.3, 0.4) is 0 Å². The van der Waals surface area contributed by atoms with Gasteiger partial charge >= 0.3 is 0 Å². The molecular formula is C15H15N3O4S2. The van der Waals surface area contributed by atoms with E-state index in [9.17, 15) is 16.8 Å². The smallest absolute Gasteiger partial charge is 0.285 e. The zero-order valence-corrected chi connectivity index (χ0v) is 14.6. The maximum Gasteiger partial charge on any atom is 0.285 e. The van der Waals surface area contributed by atoms with Crippen LogP contribution in [0.5, 0.6) is 0 Å². The average molecular weight is 365 g/mol. The minimum atomic E-state index is -3.93. The van der Waals surface area contributed by atoms with Gasteiger partial charge in [0.25, 0.3) is 20.0 Å². The van der Waals surface area contributed by atoms with Crippen LogP contribution in [0.2, 0.25) is 0 Å². The van der Waals surface area contributed by atoms with Crippen molar-refractivity contribution in [3.05, 3.63) is 47.5 Å². The van der Waals surface area contributed by atoms with Crippen LogP contribution in [0.1, 0.15) is 11.1 Å². The Morgan fingerprint density at radius 2 is 1.83 bits per heavy atom. The van der Waals surface area contributed by atoms with Gasteiger partial charge in [-0.1, -0.05) is 12.1 Å². The van der Waals surface area contributed by atoms with Crippen LogP contribution in [0.15, 0.2) is 50.6 Å². The topological polar surface area (TPSA) is 105 Å². The Morgan fingerprint density at radius 3 is 2.58 bits per heavy atom. The van der Waals surface area contributed by atoms with Gasteiger partial charge in [0.05, 0.1) is 16.3 Å². The Hall–Kier alpha value is -2.39. The highest BCUT2D eigenvalue weighted by Crippen LogP contribution is 2.29. The molecule has 2 N–H and O–H groups in total. The summed E-state index contributed by atoms with van der Waals surface area (Å²) in [5, 5.41) is 2.68. The van der Waals surface area contributed by atoms with Crippen LogP contribution in [-0.2, 0) is 20.0 Å². The standard InChI is InChI=1S/C15H15N3O4S2/c1-10-3-4-11(2)14(7-10)18-23(19,20)12-5-6-13-15(8-12)24(21,22)17-9-16-13/h3-9,18H,1-2H3,(H,16,17). The van der Waals surface area contributed by atoms with E-state index in [4.69, 9.17) is 0 Å². The Kier molecular flexibility index (Phi) is 3.84. The molecule has 7 nitrogen and oxygen atoms in total. The molecule has 9 heteroatoms. The number of nitrogens with one attached hydrogen (secondary N) is 2. The lowest BCUT2D eigenvalue weighted by atomic mass is 10.1. The van der Waals surface area contributed by atoms with Gasteiger partial charge in [-0.05, 0) is 49.2 Å². The van der Waals surface area contributed by atoms with Crippen LogP contribution in [0.25, 0.3) is 0 Å². The van der Waals surface area contributed by atoms with E-state index in [0.717, 1.165) is 23.5 Å². The number of hydrogen-bond acceptors (Lipinski definition) is 5. The molecule has 2 aromatic carbocycles. The molecule has 24 heavy (non-hydrogen) atoms. The first-order valence-corrected chi connectivity index (χ1v) is 9.91. The molecule has 0 fully saturated rings. The SMILES string of the molecule is Cc1ccc(C)c(NS(=O)(=O)c2ccc3c(c2)S(=O)(=O)N=CN3)c1. The summed E-state index contributed by atoms with van der Waals surface area (Å²) in [6.07, 6.45) is 1.06. The minimum absolute atomic E-state index is 0.148. The normalized spacial score (nSPS) is 15.4. The van der Waals surface area contributed by atoms with Crippen molar-refractivity contribution < 1.29 is 16.8 Å². The van der Waals surface area contributed by atoms with Gasteiger partial charge in [-0.3, -0.25) is 4.72 Å². The van der Waals surface area contributed by atoms with Crippen molar-refractivity contribution in [2.45, 2.75) is 23.6 Å². The second-order valence-electron chi connectivity index (χ2n) is 5.44. The molecule has 0 radical (unpaired) electrons. The van der Waals surface area contributed by atoms with Gasteiger partial charge in [-0.25, -0.2) is 8.42 Å². The van der Waals surface area contributed by atoms with Crippen molar-refractivity contribution in [1.29, 1.82) is 0 Å². The lowest BCUT2D eigenvalue weighted by Gasteiger charge is -2.15. The molecule has 2 aromatic rings. The van der Waals surface area contributed by atoms with Crippen LogP contribution in [0.4, 0.5) is 11.4 Å². The van der Waals surface area contributed by atoms with Gasteiger partial charge in [0.2, 0.25) is 0 Å². The highest BCUT2D eigenvalue weighted by Gasteiger charge is 2.24. The number of fused-ring (bicyclic) bond motifs is 1. The van der Waals surface area contributed by atoms with Gasteiger partial charge in [0.15, 0.2) is 0 Å². The molecule has 0 unspecified atom stereocenters. The summed E-state index contributed by atoms with van der Waals surface area (Å²) < 4.78 is 55.0. The van der Waals surface area contributed by atoms with E-state index in [2.05, 4.69) is 14.4 Å². The molecule has 0 atom stereocenters. The van der Waals surface area contributed by atoms with Gasteiger partial charge in [0.1, 0.15) is 11.2 Å². The number of nitrogens with zero attached hydrogens (tertiary/aromatic N) is 1. The maximum atomic E-state index is 12.6. The van der Waals surface area contributed by atoms with Gasteiger partial charge in [0, 0.05) is 0 Å². The van der Waals surface area contributed by atoms with E-state index in [-0.39, 0.29) is 15.5 Å². The van der Waals surface area contributed by atoms with Gasteiger partial charge in [-0.15, -0.1) is 4.40 Å². The predicted molar refractivity (Wildman–Crippen MR) is 92.5 cm³/mol. The van der Waals surface area contributed by atoms with Crippen molar-refractivity contribution in [2.75, 3.05) is 10.0 Å². The first-order valence-electron chi connectivity index (χ1n) is 6.98. The average Bonchev–Trinajstić information content (AvgIpc) is 2.50. The number of benzene rings is 2. The Bertz CT molecular complexity index is 1060. The number of hydrogen-bond donors (Lipinski definition) is 2. The van der Waals surface area contributed by atoms with Crippen molar-refractivity contribution in [3.63, 3.8) is 0 Å². The Balaban J connectivity index is 2.04. The number of rotatable bonds is 3. The zero-order chi connectivity index (χ0) is 17.5. The summed E-state index contributed by atoms with van der Waals surface area (Å²) in [7, 11) is -7.83. The third-order valence-electron chi connectivity index (χ3n) is 3.59. The first-order chi connectivity index (χ1) is 11.2. The first kappa shape index (κ1) is 16.5. The van der Waals surface area contributed by atoms with Crippen LogP contribution in [-0.4, -0.2) is 23.2 Å². The lowest BCUT2D eigenvalue weighted by molar-refractivity contribution is 0.597.